The van der Waals surface area contributed by atoms with Gasteiger partial charge in [-0.1, -0.05) is 45.7 Å². The van der Waals surface area contributed by atoms with Crippen LogP contribution >= 0.6 is 31.9 Å². The number of hydrogen-bond donors (Lipinski definition) is 2. The van der Waals surface area contributed by atoms with Crippen molar-refractivity contribution in [3.63, 3.8) is 0 Å². The molecule has 0 radical (unpaired) electrons. The lowest BCUT2D eigenvalue weighted by molar-refractivity contribution is -0.116. The Labute approximate surface area is 138 Å². The zero-order chi connectivity index (χ0) is 15.7. The summed E-state index contributed by atoms with van der Waals surface area (Å²) in [6.07, 6.45) is 0. The van der Waals surface area contributed by atoms with Gasteiger partial charge in [0, 0.05) is 9.86 Å². The maximum Gasteiger partial charge on any atom is 0.286 e. The second kappa shape index (κ2) is 6.19. The molecule has 7 heteroatoms. The third-order valence-corrected chi connectivity index (χ3v) is 4.92. The fourth-order valence-corrected chi connectivity index (χ4v) is 2.34. The molecule has 1 unspecified atom stereocenters. The van der Waals surface area contributed by atoms with Crippen molar-refractivity contribution in [1.82, 2.24) is 0 Å². The maximum absolute atomic E-state index is 12.2. The van der Waals surface area contributed by atoms with Crippen LogP contribution in [-0.4, -0.2) is 16.6 Å². The Bertz CT molecular complexity index is 710. The highest BCUT2D eigenvalue weighted by atomic mass is 79.9. The van der Waals surface area contributed by atoms with Gasteiger partial charge in [0.2, 0.25) is 11.7 Å². The Kier molecular flexibility index (Phi) is 4.73. The van der Waals surface area contributed by atoms with E-state index in [1.165, 1.54) is 0 Å². The summed E-state index contributed by atoms with van der Waals surface area (Å²) in [7, 11) is 0. The molecule has 2 aromatic rings. The van der Waals surface area contributed by atoms with Crippen LogP contribution < -0.4 is 11.1 Å². The van der Waals surface area contributed by atoms with Gasteiger partial charge in [-0.25, -0.2) is 0 Å². The molecular formula is C14H14Br2N2O3. The summed E-state index contributed by atoms with van der Waals surface area (Å²) in [6, 6.07) is 5.25. The number of rotatable bonds is 4. The van der Waals surface area contributed by atoms with Crippen LogP contribution in [0.25, 0.3) is 11.0 Å². The van der Waals surface area contributed by atoms with Gasteiger partial charge in [-0.3, -0.25) is 9.59 Å². The van der Waals surface area contributed by atoms with Crippen molar-refractivity contribution in [2.75, 3.05) is 5.32 Å². The Hall–Kier alpha value is -1.34. The van der Waals surface area contributed by atoms with Crippen LogP contribution in [0.3, 0.4) is 0 Å². The van der Waals surface area contributed by atoms with Gasteiger partial charge in [0.25, 0.3) is 5.91 Å². The van der Waals surface area contributed by atoms with Gasteiger partial charge >= 0.3 is 0 Å². The van der Waals surface area contributed by atoms with E-state index in [2.05, 4.69) is 37.2 Å². The van der Waals surface area contributed by atoms with Crippen LogP contribution in [0.15, 0.2) is 27.1 Å². The number of anilines is 1. The normalized spacial score (nSPS) is 12.6. The summed E-state index contributed by atoms with van der Waals surface area (Å²) in [6.45, 7) is 3.83. The fourth-order valence-electron chi connectivity index (χ4n) is 1.86. The number of alkyl halides is 1. The highest BCUT2D eigenvalue weighted by Gasteiger charge is 2.24. The van der Waals surface area contributed by atoms with E-state index in [4.69, 9.17) is 10.2 Å². The average Bonchev–Trinajstić information content (AvgIpc) is 2.76. The standard InChI is InChI=1S/C14H14Br2N2O3/c1-6(2)10(16)14(20)18-11-8-5-7(15)3-4-9(8)21-12(11)13(17)19/h3-6,10H,1-2H3,(H2,17,19)(H,18,20). The number of carbonyl (C=O) groups excluding carboxylic acids is 2. The summed E-state index contributed by atoms with van der Waals surface area (Å²) in [5, 5.41) is 3.34. The molecule has 1 atom stereocenters. The highest BCUT2D eigenvalue weighted by molar-refractivity contribution is 9.10. The molecule has 0 bridgehead atoms. The molecule has 0 aliphatic heterocycles. The smallest absolute Gasteiger partial charge is 0.286 e. The molecule has 1 heterocycles. The molecule has 0 fully saturated rings. The number of carbonyl (C=O) groups is 2. The molecule has 0 saturated carbocycles. The predicted molar refractivity (Wildman–Crippen MR) is 88.6 cm³/mol. The SMILES string of the molecule is CC(C)C(Br)C(=O)Nc1c(C(N)=O)oc2ccc(Br)cc12. The highest BCUT2D eigenvalue weighted by Crippen LogP contribution is 2.33. The number of nitrogens with two attached hydrogens (primary N) is 1. The van der Waals surface area contributed by atoms with Gasteiger partial charge in [0.1, 0.15) is 11.3 Å². The molecular weight excluding hydrogens is 404 g/mol. The van der Waals surface area contributed by atoms with Crippen LogP contribution in [0.1, 0.15) is 24.4 Å². The van der Waals surface area contributed by atoms with Gasteiger partial charge in [0.15, 0.2) is 0 Å². The van der Waals surface area contributed by atoms with E-state index in [0.717, 1.165) is 4.47 Å². The fraction of sp³-hybridized carbons (Fsp3) is 0.286. The van der Waals surface area contributed by atoms with Crippen molar-refractivity contribution in [3.05, 3.63) is 28.4 Å². The molecule has 2 amide bonds. The molecule has 112 valence electrons. The van der Waals surface area contributed by atoms with E-state index in [0.29, 0.717) is 16.7 Å². The van der Waals surface area contributed by atoms with Gasteiger partial charge < -0.3 is 15.5 Å². The van der Waals surface area contributed by atoms with Crippen molar-refractivity contribution >= 4 is 60.3 Å². The summed E-state index contributed by atoms with van der Waals surface area (Å²) in [5.74, 6) is -0.935. The van der Waals surface area contributed by atoms with Crippen molar-refractivity contribution in [2.45, 2.75) is 18.7 Å². The quantitative estimate of drug-likeness (QED) is 0.744. The van der Waals surface area contributed by atoms with Crippen LogP contribution in [0.4, 0.5) is 5.69 Å². The molecule has 0 spiro atoms. The second-order valence-corrected chi connectivity index (χ2v) is 6.85. The summed E-state index contributed by atoms with van der Waals surface area (Å²) in [5.41, 5.74) is 6.10. The molecule has 3 N–H and O–H groups in total. The lowest BCUT2D eigenvalue weighted by atomic mass is 10.1. The van der Waals surface area contributed by atoms with E-state index < -0.39 is 5.91 Å². The van der Waals surface area contributed by atoms with Crippen LogP contribution in [0.2, 0.25) is 0 Å². The van der Waals surface area contributed by atoms with Crippen molar-refractivity contribution < 1.29 is 14.0 Å². The zero-order valence-electron chi connectivity index (χ0n) is 11.4. The number of benzene rings is 1. The first-order valence-corrected chi connectivity index (χ1v) is 7.99. The summed E-state index contributed by atoms with van der Waals surface area (Å²) >= 11 is 6.68. The minimum Gasteiger partial charge on any atom is -0.449 e. The predicted octanol–water partition coefficient (Wildman–Crippen LogP) is 3.65. The Balaban J connectivity index is 2.50. The first kappa shape index (κ1) is 16.0. The topological polar surface area (TPSA) is 85.3 Å². The molecule has 0 saturated heterocycles. The number of hydrogen-bond acceptors (Lipinski definition) is 3. The first-order chi connectivity index (χ1) is 9.81. The van der Waals surface area contributed by atoms with Gasteiger partial charge in [0.05, 0.1) is 4.83 Å². The van der Waals surface area contributed by atoms with Crippen LogP contribution in [0, 0.1) is 5.92 Å². The van der Waals surface area contributed by atoms with Crippen LogP contribution in [-0.2, 0) is 4.79 Å². The van der Waals surface area contributed by atoms with Gasteiger partial charge in [-0.15, -0.1) is 0 Å². The van der Waals surface area contributed by atoms with Gasteiger partial charge in [-0.2, -0.15) is 0 Å². The molecule has 21 heavy (non-hydrogen) atoms. The number of furan rings is 1. The molecule has 1 aromatic carbocycles. The largest absolute Gasteiger partial charge is 0.449 e. The molecule has 0 aliphatic rings. The van der Waals surface area contributed by atoms with Crippen molar-refractivity contribution in [3.8, 4) is 0 Å². The average molecular weight is 418 g/mol. The summed E-state index contributed by atoms with van der Waals surface area (Å²) < 4.78 is 6.24. The molecule has 2 rings (SSSR count). The van der Waals surface area contributed by atoms with Crippen molar-refractivity contribution in [1.29, 1.82) is 0 Å². The number of primary amides is 1. The molecule has 1 aromatic heterocycles. The van der Waals surface area contributed by atoms with E-state index in [1.807, 2.05) is 13.8 Å². The summed E-state index contributed by atoms with van der Waals surface area (Å²) in [4.78, 5) is 23.3. The van der Waals surface area contributed by atoms with E-state index >= 15 is 0 Å². The Morgan fingerprint density at radius 2 is 2.00 bits per heavy atom. The molecule has 5 nitrogen and oxygen atoms in total. The lowest BCUT2D eigenvalue weighted by Gasteiger charge is -2.13. The first-order valence-electron chi connectivity index (χ1n) is 6.28. The zero-order valence-corrected chi connectivity index (χ0v) is 14.6. The van der Waals surface area contributed by atoms with E-state index in [1.54, 1.807) is 18.2 Å². The Morgan fingerprint density at radius 3 is 2.57 bits per heavy atom. The van der Waals surface area contributed by atoms with Crippen LogP contribution in [0.5, 0.6) is 0 Å². The monoisotopic (exact) mass is 416 g/mol. The minimum atomic E-state index is -0.728. The van der Waals surface area contributed by atoms with E-state index in [-0.39, 0.29) is 22.4 Å². The number of halogens is 2. The third kappa shape index (κ3) is 3.29. The third-order valence-electron chi connectivity index (χ3n) is 2.96. The Morgan fingerprint density at radius 1 is 1.33 bits per heavy atom. The van der Waals surface area contributed by atoms with Gasteiger partial charge in [-0.05, 0) is 24.1 Å². The molecule has 0 aliphatic carbocycles. The minimum absolute atomic E-state index is 0.0556. The number of fused-ring (bicyclic) bond motifs is 1. The lowest BCUT2D eigenvalue weighted by Crippen LogP contribution is -2.28. The number of nitrogens with one attached hydrogen (secondary N) is 1. The maximum atomic E-state index is 12.2. The van der Waals surface area contributed by atoms with E-state index in [9.17, 15) is 9.59 Å². The van der Waals surface area contributed by atoms with Crippen molar-refractivity contribution in [2.24, 2.45) is 11.7 Å². The second-order valence-electron chi connectivity index (χ2n) is 4.95. The number of amides is 2.